The third-order valence-electron chi connectivity index (χ3n) is 1.83. The van der Waals surface area contributed by atoms with E-state index in [0.717, 1.165) is 5.69 Å². The summed E-state index contributed by atoms with van der Waals surface area (Å²) in [5, 5.41) is 2.96. The molecule has 1 heterocycles. The zero-order chi connectivity index (χ0) is 10.6. The van der Waals surface area contributed by atoms with E-state index in [2.05, 4.69) is 15.3 Å². The molecule has 0 aliphatic rings. The molecule has 76 valence electrons. The highest BCUT2D eigenvalue weighted by Crippen LogP contribution is 2.20. The van der Waals surface area contributed by atoms with Gasteiger partial charge < -0.3 is 15.8 Å². The highest BCUT2D eigenvalue weighted by Gasteiger charge is 2.06. The summed E-state index contributed by atoms with van der Waals surface area (Å²) in [5.74, 6) is 0.905. The molecule has 5 heteroatoms. The lowest BCUT2D eigenvalue weighted by Crippen LogP contribution is -2.15. The first kappa shape index (κ1) is 10.3. The molecule has 0 radical (unpaired) electrons. The number of hydrogen-bond acceptors (Lipinski definition) is 4. The van der Waals surface area contributed by atoms with E-state index < -0.39 is 0 Å². The Bertz CT molecular complexity index is 349. The van der Waals surface area contributed by atoms with E-state index in [1.165, 1.54) is 0 Å². The summed E-state index contributed by atoms with van der Waals surface area (Å²) >= 11 is 0. The standard InChI is InChI=1S/C9H14N4O/c1-11-7-5-4-6(8(10)12-2)13-9(7)14-3/h4-5,11H,1-3H3,(H2,10,12). The molecule has 0 aliphatic heterocycles. The molecule has 0 bridgehead atoms. The average Bonchev–Trinajstić information content (AvgIpc) is 2.26. The van der Waals surface area contributed by atoms with Gasteiger partial charge in [-0.05, 0) is 12.1 Å². The van der Waals surface area contributed by atoms with Crippen LogP contribution in [0.4, 0.5) is 5.69 Å². The quantitative estimate of drug-likeness (QED) is 0.542. The number of rotatable bonds is 3. The second kappa shape index (κ2) is 4.45. The van der Waals surface area contributed by atoms with E-state index in [9.17, 15) is 0 Å². The van der Waals surface area contributed by atoms with Crippen molar-refractivity contribution in [2.24, 2.45) is 10.7 Å². The van der Waals surface area contributed by atoms with Crippen molar-refractivity contribution in [3.63, 3.8) is 0 Å². The van der Waals surface area contributed by atoms with Gasteiger partial charge in [0.2, 0.25) is 5.88 Å². The van der Waals surface area contributed by atoms with Gasteiger partial charge in [0.1, 0.15) is 11.5 Å². The minimum absolute atomic E-state index is 0.394. The molecule has 0 saturated carbocycles. The molecule has 0 unspecified atom stereocenters. The summed E-state index contributed by atoms with van der Waals surface area (Å²) < 4.78 is 5.09. The van der Waals surface area contributed by atoms with Crippen LogP contribution >= 0.6 is 0 Å². The predicted molar refractivity (Wildman–Crippen MR) is 57.0 cm³/mol. The summed E-state index contributed by atoms with van der Waals surface area (Å²) in [6.45, 7) is 0. The fourth-order valence-corrected chi connectivity index (χ4v) is 1.04. The second-order valence-electron chi connectivity index (χ2n) is 2.61. The Morgan fingerprint density at radius 3 is 2.79 bits per heavy atom. The van der Waals surface area contributed by atoms with E-state index in [4.69, 9.17) is 10.5 Å². The van der Waals surface area contributed by atoms with Crippen LogP contribution in [0.25, 0.3) is 0 Å². The maximum absolute atomic E-state index is 5.62. The molecular weight excluding hydrogens is 180 g/mol. The zero-order valence-electron chi connectivity index (χ0n) is 8.53. The zero-order valence-corrected chi connectivity index (χ0v) is 8.53. The van der Waals surface area contributed by atoms with E-state index in [1.54, 1.807) is 27.3 Å². The smallest absolute Gasteiger partial charge is 0.237 e. The van der Waals surface area contributed by atoms with Crippen LogP contribution in [0, 0.1) is 0 Å². The van der Waals surface area contributed by atoms with Gasteiger partial charge in [0.15, 0.2) is 0 Å². The Hall–Kier alpha value is -1.78. The van der Waals surface area contributed by atoms with Gasteiger partial charge in [-0.1, -0.05) is 0 Å². The molecule has 3 N–H and O–H groups in total. The van der Waals surface area contributed by atoms with Crippen LogP contribution in [0.15, 0.2) is 17.1 Å². The maximum Gasteiger partial charge on any atom is 0.237 e. The average molecular weight is 194 g/mol. The molecule has 0 fully saturated rings. The number of ether oxygens (including phenoxy) is 1. The fourth-order valence-electron chi connectivity index (χ4n) is 1.04. The molecule has 0 aromatic carbocycles. The van der Waals surface area contributed by atoms with Crippen molar-refractivity contribution < 1.29 is 4.74 Å². The van der Waals surface area contributed by atoms with Gasteiger partial charge in [0, 0.05) is 14.1 Å². The Morgan fingerprint density at radius 2 is 2.29 bits per heavy atom. The number of aromatic nitrogens is 1. The van der Waals surface area contributed by atoms with Crippen LogP contribution in [0.5, 0.6) is 5.88 Å². The van der Waals surface area contributed by atoms with Crippen molar-refractivity contribution in [2.75, 3.05) is 26.5 Å². The Balaban J connectivity index is 3.14. The number of pyridine rings is 1. The number of aliphatic imine (C=N–C) groups is 1. The second-order valence-corrected chi connectivity index (χ2v) is 2.61. The molecule has 1 aromatic rings. The fraction of sp³-hybridized carbons (Fsp3) is 0.333. The lowest BCUT2D eigenvalue weighted by molar-refractivity contribution is 0.399. The molecule has 14 heavy (non-hydrogen) atoms. The number of hydrogen-bond donors (Lipinski definition) is 2. The molecule has 1 aromatic heterocycles. The van der Waals surface area contributed by atoms with Crippen LogP contribution in [-0.4, -0.2) is 32.0 Å². The molecule has 1 rings (SSSR count). The van der Waals surface area contributed by atoms with Gasteiger partial charge in [0.25, 0.3) is 0 Å². The van der Waals surface area contributed by atoms with Gasteiger partial charge in [-0.2, -0.15) is 0 Å². The largest absolute Gasteiger partial charge is 0.480 e. The van der Waals surface area contributed by atoms with Crippen LogP contribution < -0.4 is 15.8 Å². The Morgan fingerprint density at radius 1 is 1.57 bits per heavy atom. The summed E-state index contributed by atoms with van der Waals surface area (Å²) in [6, 6.07) is 3.63. The summed E-state index contributed by atoms with van der Waals surface area (Å²) in [7, 11) is 4.98. The van der Waals surface area contributed by atoms with Gasteiger partial charge in [0.05, 0.1) is 12.8 Å². The lowest BCUT2D eigenvalue weighted by atomic mass is 10.3. The first-order valence-electron chi connectivity index (χ1n) is 4.18. The number of methoxy groups -OCH3 is 1. The third kappa shape index (κ3) is 1.93. The number of nitrogens with two attached hydrogens (primary N) is 1. The number of nitrogens with zero attached hydrogens (tertiary/aromatic N) is 2. The van der Waals surface area contributed by atoms with E-state index in [0.29, 0.717) is 17.4 Å². The minimum Gasteiger partial charge on any atom is -0.480 e. The van der Waals surface area contributed by atoms with Crippen LogP contribution in [0.2, 0.25) is 0 Å². The first-order valence-corrected chi connectivity index (χ1v) is 4.18. The topological polar surface area (TPSA) is 72.5 Å². The Kier molecular flexibility index (Phi) is 3.28. The van der Waals surface area contributed by atoms with Crippen LogP contribution in [0.3, 0.4) is 0 Å². The van der Waals surface area contributed by atoms with E-state index in [-0.39, 0.29) is 0 Å². The van der Waals surface area contributed by atoms with Gasteiger partial charge in [-0.15, -0.1) is 0 Å². The monoisotopic (exact) mass is 194 g/mol. The molecular formula is C9H14N4O. The molecule has 0 amide bonds. The number of nitrogens with one attached hydrogen (secondary N) is 1. The van der Waals surface area contributed by atoms with Gasteiger partial charge in [-0.25, -0.2) is 4.98 Å². The van der Waals surface area contributed by atoms with Crippen LogP contribution in [0.1, 0.15) is 5.69 Å². The first-order chi connectivity index (χ1) is 6.72. The van der Waals surface area contributed by atoms with E-state index in [1.807, 2.05) is 6.07 Å². The van der Waals surface area contributed by atoms with Crippen molar-refractivity contribution in [1.29, 1.82) is 0 Å². The lowest BCUT2D eigenvalue weighted by Gasteiger charge is -2.08. The maximum atomic E-state index is 5.62. The SMILES string of the molecule is CN=C(N)c1ccc(NC)c(OC)n1. The minimum atomic E-state index is 0.394. The number of anilines is 1. The van der Waals surface area contributed by atoms with Gasteiger partial charge >= 0.3 is 0 Å². The van der Waals surface area contributed by atoms with Crippen molar-refractivity contribution in [3.8, 4) is 5.88 Å². The molecule has 5 nitrogen and oxygen atoms in total. The summed E-state index contributed by atoms with van der Waals surface area (Å²) in [6.07, 6.45) is 0. The predicted octanol–water partition coefficient (Wildman–Crippen LogP) is 0.467. The normalized spacial score (nSPS) is 11.2. The molecule has 0 spiro atoms. The van der Waals surface area contributed by atoms with Crippen LogP contribution in [-0.2, 0) is 0 Å². The Labute approximate surface area is 83.0 Å². The van der Waals surface area contributed by atoms with E-state index >= 15 is 0 Å². The molecule has 0 saturated heterocycles. The summed E-state index contributed by atoms with van der Waals surface area (Å²) in [4.78, 5) is 8.04. The molecule has 0 aliphatic carbocycles. The third-order valence-corrected chi connectivity index (χ3v) is 1.83. The van der Waals surface area contributed by atoms with Crippen molar-refractivity contribution in [2.45, 2.75) is 0 Å². The number of amidine groups is 1. The highest BCUT2D eigenvalue weighted by atomic mass is 16.5. The van der Waals surface area contributed by atoms with Crippen molar-refractivity contribution in [3.05, 3.63) is 17.8 Å². The van der Waals surface area contributed by atoms with Crippen molar-refractivity contribution in [1.82, 2.24) is 4.98 Å². The van der Waals surface area contributed by atoms with Crippen molar-refractivity contribution >= 4 is 11.5 Å². The van der Waals surface area contributed by atoms with Gasteiger partial charge in [-0.3, -0.25) is 4.99 Å². The molecule has 0 atom stereocenters. The highest BCUT2D eigenvalue weighted by molar-refractivity contribution is 5.96. The summed E-state index contributed by atoms with van der Waals surface area (Å²) in [5.41, 5.74) is 7.05.